The number of aromatic nitrogens is 4. The third kappa shape index (κ3) is 4.60. The van der Waals surface area contributed by atoms with Crippen molar-refractivity contribution in [1.29, 1.82) is 0 Å². The van der Waals surface area contributed by atoms with Gasteiger partial charge in [-0.1, -0.05) is 33.3 Å². The molecular formula is C26H26BrN5O2. The van der Waals surface area contributed by atoms with Crippen LogP contribution in [-0.4, -0.2) is 49.0 Å². The van der Waals surface area contributed by atoms with E-state index in [2.05, 4.69) is 31.2 Å². The zero-order chi connectivity index (χ0) is 23.7. The molecule has 3 heterocycles. The van der Waals surface area contributed by atoms with Crippen LogP contribution in [0, 0.1) is 6.92 Å². The van der Waals surface area contributed by atoms with Crippen molar-refractivity contribution in [2.75, 3.05) is 13.1 Å². The summed E-state index contributed by atoms with van der Waals surface area (Å²) < 4.78 is 2.71. The Labute approximate surface area is 206 Å². The van der Waals surface area contributed by atoms with Gasteiger partial charge in [-0.3, -0.25) is 9.78 Å². The lowest BCUT2D eigenvalue weighted by atomic mass is 9.92. The van der Waals surface area contributed by atoms with E-state index in [0.717, 1.165) is 32.2 Å². The van der Waals surface area contributed by atoms with Gasteiger partial charge in [-0.25, -0.2) is 4.68 Å². The minimum absolute atomic E-state index is 0.0710. The summed E-state index contributed by atoms with van der Waals surface area (Å²) in [7, 11) is 0. The van der Waals surface area contributed by atoms with E-state index in [1.165, 1.54) is 0 Å². The number of hydrogen-bond acceptors (Lipinski definition) is 5. The van der Waals surface area contributed by atoms with Gasteiger partial charge in [0.25, 0.3) is 0 Å². The molecule has 4 aromatic rings. The number of aryl methyl sites for hydroxylation is 1. The highest BCUT2D eigenvalue weighted by molar-refractivity contribution is 9.10. The minimum atomic E-state index is -1.11. The Kier molecular flexibility index (Phi) is 6.18. The van der Waals surface area contributed by atoms with Gasteiger partial charge >= 0.3 is 0 Å². The molecule has 174 valence electrons. The van der Waals surface area contributed by atoms with Crippen LogP contribution in [0.1, 0.15) is 36.1 Å². The Morgan fingerprint density at radius 2 is 2.03 bits per heavy atom. The number of benzene rings is 2. The van der Waals surface area contributed by atoms with Crippen LogP contribution in [0.25, 0.3) is 16.6 Å². The minimum Gasteiger partial charge on any atom is -0.383 e. The molecule has 0 radical (unpaired) electrons. The van der Waals surface area contributed by atoms with Crippen LogP contribution in [0.4, 0.5) is 0 Å². The van der Waals surface area contributed by atoms with Gasteiger partial charge in [-0.05, 0) is 73.7 Å². The number of likely N-dealkylation sites (tertiary alicyclic amines) is 1. The van der Waals surface area contributed by atoms with Crippen molar-refractivity contribution < 1.29 is 9.90 Å². The molecule has 1 amide bonds. The molecule has 5 rings (SSSR count). The van der Waals surface area contributed by atoms with E-state index < -0.39 is 5.60 Å². The Hall–Kier alpha value is -3.10. The smallest absolute Gasteiger partial charge is 0.226 e. The average Bonchev–Trinajstić information content (AvgIpc) is 3.23. The molecular weight excluding hydrogens is 494 g/mol. The third-order valence-corrected chi connectivity index (χ3v) is 7.06. The van der Waals surface area contributed by atoms with E-state index in [4.69, 9.17) is 0 Å². The predicted octanol–water partition coefficient (Wildman–Crippen LogP) is 4.33. The zero-order valence-corrected chi connectivity index (χ0v) is 20.6. The first-order valence-corrected chi connectivity index (χ1v) is 12.2. The molecule has 1 atom stereocenters. The molecule has 8 heteroatoms. The molecule has 1 fully saturated rings. The molecule has 0 bridgehead atoms. The van der Waals surface area contributed by atoms with Crippen molar-refractivity contribution in [2.45, 2.75) is 38.2 Å². The fraction of sp³-hybridized carbons (Fsp3) is 0.308. The van der Waals surface area contributed by atoms with Crippen molar-refractivity contribution in [1.82, 2.24) is 24.9 Å². The number of halogens is 1. The van der Waals surface area contributed by atoms with Gasteiger partial charge < -0.3 is 10.0 Å². The molecule has 1 aliphatic rings. The molecule has 1 aliphatic heterocycles. The molecule has 0 spiro atoms. The van der Waals surface area contributed by atoms with Crippen molar-refractivity contribution in [3.05, 3.63) is 82.2 Å². The molecule has 1 N–H and O–H groups in total. The van der Waals surface area contributed by atoms with E-state index in [0.29, 0.717) is 44.5 Å². The van der Waals surface area contributed by atoms with E-state index in [1.54, 1.807) is 17.1 Å². The summed E-state index contributed by atoms with van der Waals surface area (Å²) in [4.78, 5) is 19.2. The summed E-state index contributed by atoms with van der Waals surface area (Å²) in [6, 6.07) is 15.8. The summed E-state index contributed by atoms with van der Waals surface area (Å²) in [6.07, 6.45) is 5.58. The Balaban J connectivity index is 1.28. The maximum absolute atomic E-state index is 13.1. The van der Waals surface area contributed by atoms with Gasteiger partial charge in [0.1, 0.15) is 11.3 Å². The molecule has 1 unspecified atom stereocenters. The second-order valence-electron chi connectivity index (χ2n) is 8.95. The average molecular weight is 520 g/mol. The van der Waals surface area contributed by atoms with Crippen molar-refractivity contribution in [3.63, 3.8) is 0 Å². The van der Waals surface area contributed by atoms with Crippen LogP contribution in [-0.2, 0) is 16.8 Å². The predicted molar refractivity (Wildman–Crippen MR) is 134 cm³/mol. The van der Waals surface area contributed by atoms with Gasteiger partial charge in [-0.15, -0.1) is 5.10 Å². The SMILES string of the molecule is Cc1cc(Br)ccc1-n1cc(C2(O)CCCN(C(=O)Cc3ccc4ncccc4c3)CC2)nn1. The highest BCUT2D eigenvalue weighted by atomic mass is 79.9. The maximum atomic E-state index is 13.1. The second-order valence-corrected chi connectivity index (χ2v) is 9.87. The third-order valence-electron chi connectivity index (χ3n) is 6.56. The number of aliphatic hydroxyl groups is 1. The number of hydrogen-bond donors (Lipinski definition) is 1. The van der Waals surface area contributed by atoms with E-state index in [1.807, 2.05) is 60.4 Å². The fourth-order valence-corrected chi connectivity index (χ4v) is 5.09. The molecule has 7 nitrogen and oxygen atoms in total. The van der Waals surface area contributed by atoms with Gasteiger partial charge in [-0.2, -0.15) is 0 Å². The first-order chi connectivity index (χ1) is 16.4. The number of pyridine rings is 1. The summed E-state index contributed by atoms with van der Waals surface area (Å²) in [6.45, 7) is 3.11. The summed E-state index contributed by atoms with van der Waals surface area (Å²) in [5.41, 5.74) is 3.31. The van der Waals surface area contributed by atoms with Crippen molar-refractivity contribution >= 4 is 32.7 Å². The van der Waals surface area contributed by atoms with E-state index in [-0.39, 0.29) is 5.91 Å². The number of carbonyl (C=O) groups excluding carboxylic acids is 1. The lowest BCUT2D eigenvalue weighted by molar-refractivity contribution is -0.130. The van der Waals surface area contributed by atoms with Crippen LogP contribution in [0.15, 0.2) is 65.4 Å². The fourth-order valence-electron chi connectivity index (χ4n) is 4.62. The first kappa shape index (κ1) is 22.7. The van der Waals surface area contributed by atoms with Crippen LogP contribution in [0.3, 0.4) is 0 Å². The van der Waals surface area contributed by atoms with Gasteiger partial charge in [0, 0.05) is 29.1 Å². The van der Waals surface area contributed by atoms with Crippen molar-refractivity contribution in [2.24, 2.45) is 0 Å². The Morgan fingerprint density at radius 3 is 2.88 bits per heavy atom. The number of fused-ring (bicyclic) bond motifs is 1. The monoisotopic (exact) mass is 519 g/mol. The number of amides is 1. The standard InChI is InChI=1S/C26H26BrN5O2/c1-18-14-21(27)6-8-23(18)32-17-24(29-30-32)26(34)9-3-12-31(13-10-26)25(33)16-19-5-7-22-20(15-19)4-2-11-28-22/h2,4-8,11,14-15,17,34H,3,9-10,12-13,16H2,1H3. The molecule has 34 heavy (non-hydrogen) atoms. The normalized spacial score (nSPS) is 18.7. The quantitative estimate of drug-likeness (QED) is 0.433. The topological polar surface area (TPSA) is 84.1 Å². The van der Waals surface area contributed by atoms with Crippen LogP contribution in [0.5, 0.6) is 0 Å². The summed E-state index contributed by atoms with van der Waals surface area (Å²) in [5.74, 6) is 0.0710. The van der Waals surface area contributed by atoms with E-state index in [9.17, 15) is 9.90 Å². The largest absolute Gasteiger partial charge is 0.383 e. The molecule has 2 aromatic heterocycles. The molecule has 2 aromatic carbocycles. The summed E-state index contributed by atoms with van der Waals surface area (Å²) >= 11 is 3.48. The van der Waals surface area contributed by atoms with Crippen LogP contribution >= 0.6 is 15.9 Å². The lowest BCUT2D eigenvalue weighted by Gasteiger charge is -2.24. The summed E-state index contributed by atoms with van der Waals surface area (Å²) in [5, 5.41) is 21.0. The van der Waals surface area contributed by atoms with Gasteiger partial charge in [0.05, 0.1) is 23.8 Å². The second kappa shape index (κ2) is 9.27. The Bertz CT molecular complexity index is 1350. The molecule has 0 aliphatic carbocycles. The highest BCUT2D eigenvalue weighted by Gasteiger charge is 2.36. The first-order valence-electron chi connectivity index (χ1n) is 11.4. The van der Waals surface area contributed by atoms with Gasteiger partial charge in [0.15, 0.2) is 0 Å². The van der Waals surface area contributed by atoms with Gasteiger partial charge in [0.2, 0.25) is 5.91 Å². The maximum Gasteiger partial charge on any atom is 0.226 e. The lowest BCUT2D eigenvalue weighted by Crippen LogP contribution is -2.34. The highest BCUT2D eigenvalue weighted by Crippen LogP contribution is 2.32. The van der Waals surface area contributed by atoms with E-state index >= 15 is 0 Å². The Morgan fingerprint density at radius 1 is 1.15 bits per heavy atom. The number of rotatable bonds is 4. The number of nitrogens with zero attached hydrogens (tertiary/aromatic N) is 5. The number of carbonyl (C=O) groups is 1. The van der Waals surface area contributed by atoms with Crippen LogP contribution < -0.4 is 0 Å². The zero-order valence-electron chi connectivity index (χ0n) is 19.0. The molecule has 0 saturated carbocycles. The van der Waals surface area contributed by atoms with Crippen LogP contribution in [0.2, 0.25) is 0 Å². The molecule has 1 saturated heterocycles. The van der Waals surface area contributed by atoms with Crippen molar-refractivity contribution in [3.8, 4) is 5.69 Å².